The van der Waals surface area contributed by atoms with E-state index in [1.54, 1.807) is 48.5 Å². The molecule has 1 fully saturated rings. The van der Waals surface area contributed by atoms with Gasteiger partial charge in [-0.15, -0.1) is 0 Å². The molecular weight excluding hydrogens is 396 g/mol. The molecule has 1 aliphatic rings. The Kier molecular flexibility index (Phi) is 6.09. The molecule has 0 N–H and O–H groups in total. The maximum atomic E-state index is 13.0. The van der Waals surface area contributed by atoms with Crippen molar-refractivity contribution in [3.63, 3.8) is 0 Å². The summed E-state index contributed by atoms with van der Waals surface area (Å²) in [5, 5.41) is 11.0. The molecular formula is C21H16ClN2O5-. The number of carbonyl (C=O) groups is 4. The molecule has 2 aromatic carbocycles. The number of carboxylic acids is 1. The fourth-order valence-electron chi connectivity index (χ4n) is 3.10. The maximum absolute atomic E-state index is 13.0. The number of amides is 3. The lowest BCUT2D eigenvalue weighted by Crippen LogP contribution is -2.44. The third-order valence-corrected chi connectivity index (χ3v) is 4.64. The summed E-state index contributed by atoms with van der Waals surface area (Å²) in [5.74, 6) is -3.30. The first-order chi connectivity index (χ1) is 13.9. The summed E-state index contributed by atoms with van der Waals surface area (Å²) in [6.07, 6.45) is 1.19. The molecule has 0 bridgehead atoms. The molecule has 0 aliphatic carbocycles. The van der Waals surface area contributed by atoms with Gasteiger partial charge in [0.25, 0.3) is 5.91 Å². The molecule has 148 valence electrons. The molecule has 3 amide bonds. The molecule has 0 saturated carbocycles. The van der Waals surface area contributed by atoms with Crippen LogP contribution in [0.25, 0.3) is 0 Å². The lowest BCUT2D eigenvalue weighted by molar-refractivity contribution is -0.297. The number of imide groups is 1. The Labute approximate surface area is 171 Å². The summed E-state index contributed by atoms with van der Waals surface area (Å²) in [5.41, 5.74) is 1.04. The van der Waals surface area contributed by atoms with Crippen LogP contribution in [0.5, 0.6) is 0 Å². The van der Waals surface area contributed by atoms with Crippen molar-refractivity contribution in [2.45, 2.75) is 19.0 Å². The summed E-state index contributed by atoms with van der Waals surface area (Å²) in [6.45, 7) is 0.0319. The third kappa shape index (κ3) is 4.70. The van der Waals surface area contributed by atoms with Gasteiger partial charge in [0.1, 0.15) is 6.04 Å². The second kappa shape index (κ2) is 8.70. The largest absolute Gasteiger partial charge is 0.545 e. The van der Waals surface area contributed by atoms with Crippen LogP contribution in [-0.4, -0.2) is 34.6 Å². The quantitative estimate of drug-likeness (QED) is 0.527. The van der Waals surface area contributed by atoms with Gasteiger partial charge in [-0.3, -0.25) is 14.4 Å². The van der Waals surface area contributed by atoms with E-state index in [4.69, 9.17) is 11.6 Å². The van der Waals surface area contributed by atoms with Gasteiger partial charge in [0.15, 0.2) is 0 Å². The molecule has 0 aromatic heterocycles. The number of anilines is 1. The second-order valence-corrected chi connectivity index (χ2v) is 6.81. The average Bonchev–Trinajstić information content (AvgIpc) is 2.99. The molecule has 3 rings (SSSR count). The van der Waals surface area contributed by atoms with Gasteiger partial charge >= 0.3 is 0 Å². The number of hydrogen-bond donors (Lipinski definition) is 0. The van der Waals surface area contributed by atoms with E-state index in [1.807, 2.05) is 0 Å². The van der Waals surface area contributed by atoms with Crippen molar-refractivity contribution in [1.29, 1.82) is 0 Å². The topological polar surface area (TPSA) is 97.8 Å². The summed E-state index contributed by atoms with van der Waals surface area (Å²) in [7, 11) is 0. The first-order valence-electron chi connectivity index (χ1n) is 8.73. The molecule has 0 spiro atoms. The first-order valence-corrected chi connectivity index (χ1v) is 9.10. The number of halogens is 1. The van der Waals surface area contributed by atoms with E-state index in [2.05, 4.69) is 0 Å². The number of carboxylic acid groups (broad SMARTS) is 1. The fraction of sp³-hybridized carbons (Fsp3) is 0.143. The Hall–Kier alpha value is -3.45. The van der Waals surface area contributed by atoms with Crippen LogP contribution in [0.3, 0.4) is 0 Å². The highest BCUT2D eigenvalue weighted by Crippen LogP contribution is 2.28. The van der Waals surface area contributed by atoms with Gasteiger partial charge in [-0.25, -0.2) is 4.90 Å². The van der Waals surface area contributed by atoms with Gasteiger partial charge in [-0.1, -0.05) is 48.0 Å². The summed E-state index contributed by atoms with van der Waals surface area (Å²) in [6, 6.07) is 14.1. The van der Waals surface area contributed by atoms with Gasteiger partial charge in [0.05, 0.1) is 18.1 Å². The van der Waals surface area contributed by atoms with Gasteiger partial charge in [0.2, 0.25) is 11.8 Å². The van der Waals surface area contributed by atoms with E-state index >= 15 is 0 Å². The average molecular weight is 412 g/mol. The van der Waals surface area contributed by atoms with Crippen LogP contribution in [0, 0.1) is 0 Å². The second-order valence-electron chi connectivity index (χ2n) is 6.37. The van der Waals surface area contributed by atoms with Crippen molar-refractivity contribution in [3.8, 4) is 0 Å². The smallest absolute Gasteiger partial charge is 0.257 e. The Morgan fingerprint density at radius 2 is 1.83 bits per heavy atom. The zero-order valence-corrected chi connectivity index (χ0v) is 15.9. The molecule has 8 heteroatoms. The molecule has 2 aromatic rings. The number of rotatable bonds is 6. The standard InChI is InChI=1S/C21H17ClN2O5/c22-15-7-4-8-16(11-15)24-19(26)12-17(21(24)29)23(18(25)9-10-20(27)28)13-14-5-2-1-3-6-14/h1-11,17H,12-13H2,(H,27,28)/p-1/b10-9+/t17-/m0/s1. The van der Waals surface area contributed by atoms with Gasteiger partial charge in [-0.2, -0.15) is 0 Å². The highest BCUT2D eigenvalue weighted by atomic mass is 35.5. The number of carbonyl (C=O) groups excluding carboxylic acids is 4. The number of nitrogens with zero attached hydrogens (tertiary/aromatic N) is 2. The van der Waals surface area contributed by atoms with Crippen molar-refractivity contribution in [2.75, 3.05) is 4.90 Å². The Balaban J connectivity index is 1.92. The highest BCUT2D eigenvalue weighted by molar-refractivity contribution is 6.31. The minimum Gasteiger partial charge on any atom is -0.545 e. The van der Waals surface area contributed by atoms with Gasteiger partial charge in [-0.05, 0) is 29.8 Å². The van der Waals surface area contributed by atoms with Crippen molar-refractivity contribution in [3.05, 3.63) is 77.3 Å². The summed E-state index contributed by atoms with van der Waals surface area (Å²) < 4.78 is 0. The van der Waals surface area contributed by atoms with Crippen LogP contribution in [0.15, 0.2) is 66.7 Å². The zero-order chi connectivity index (χ0) is 21.0. The number of aliphatic carboxylic acids is 1. The molecule has 1 saturated heterocycles. The summed E-state index contributed by atoms with van der Waals surface area (Å²) in [4.78, 5) is 51.1. The minimum absolute atomic E-state index is 0.0319. The monoisotopic (exact) mass is 411 g/mol. The van der Waals surface area contributed by atoms with Crippen molar-refractivity contribution in [2.24, 2.45) is 0 Å². The molecule has 1 heterocycles. The SMILES string of the molecule is O=C([O-])/C=C/C(=O)N(Cc1ccccc1)[C@H]1CC(=O)N(c2cccc(Cl)c2)C1=O. The third-order valence-electron chi connectivity index (χ3n) is 4.41. The van der Waals surface area contributed by atoms with Crippen LogP contribution in [0.4, 0.5) is 5.69 Å². The first kappa shape index (κ1) is 20.3. The van der Waals surface area contributed by atoms with Crippen LogP contribution in [-0.2, 0) is 25.7 Å². The normalized spacial score (nSPS) is 16.4. The van der Waals surface area contributed by atoms with E-state index in [1.165, 1.54) is 11.0 Å². The Morgan fingerprint density at radius 1 is 1.10 bits per heavy atom. The summed E-state index contributed by atoms with van der Waals surface area (Å²) >= 11 is 5.96. The highest BCUT2D eigenvalue weighted by Gasteiger charge is 2.44. The zero-order valence-electron chi connectivity index (χ0n) is 15.2. The molecule has 7 nitrogen and oxygen atoms in total. The van der Waals surface area contributed by atoms with E-state index in [9.17, 15) is 24.3 Å². The van der Waals surface area contributed by atoms with Gasteiger partial charge < -0.3 is 14.8 Å². The molecule has 29 heavy (non-hydrogen) atoms. The molecule has 1 aliphatic heterocycles. The predicted molar refractivity (Wildman–Crippen MR) is 103 cm³/mol. The van der Waals surface area contributed by atoms with E-state index in [0.29, 0.717) is 16.8 Å². The van der Waals surface area contributed by atoms with Gasteiger partial charge in [0, 0.05) is 17.6 Å². The lowest BCUT2D eigenvalue weighted by Gasteiger charge is -2.27. The maximum Gasteiger partial charge on any atom is 0.257 e. The molecule has 1 atom stereocenters. The van der Waals surface area contributed by atoms with E-state index in [-0.39, 0.29) is 13.0 Å². The van der Waals surface area contributed by atoms with Crippen molar-refractivity contribution in [1.82, 2.24) is 4.90 Å². The van der Waals surface area contributed by atoms with E-state index in [0.717, 1.165) is 16.5 Å². The molecule has 0 radical (unpaired) electrons. The van der Waals surface area contributed by atoms with Crippen LogP contribution < -0.4 is 10.0 Å². The minimum atomic E-state index is -1.53. The molecule has 0 unspecified atom stereocenters. The Morgan fingerprint density at radius 3 is 2.48 bits per heavy atom. The van der Waals surface area contributed by atoms with Crippen LogP contribution in [0.1, 0.15) is 12.0 Å². The lowest BCUT2D eigenvalue weighted by atomic mass is 10.1. The van der Waals surface area contributed by atoms with Crippen molar-refractivity contribution < 1.29 is 24.3 Å². The number of hydrogen-bond acceptors (Lipinski definition) is 5. The number of benzene rings is 2. The van der Waals surface area contributed by atoms with Crippen molar-refractivity contribution >= 4 is 41.0 Å². The Bertz CT molecular complexity index is 990. The predicted octanol–water partition coefficient (Wildman–Crippen LogP) is 1.31. The van der Waals surface area contributed by atoms with Crippen LogP contribution >= 0.6 is 11.6 Å². The fourth-order valence-corrected chi connectivity index (χ4v) is 3.29. The van der Waals surface area contributed by atoms with Crippen LogP contribution in [0.2, 0.25) is 5.02 Å². The van der Waals surface area contributed by atoms with E-state index < -0.39 is 29.7 Å².